The third kappa shape index (κ3) is 3.55. The fraction of sp³-hybridized carbons (Fsp3) is 0.545. The van der Waals surface area contributed by atoms with Crippen molar-refractivity contribution in [2.75, 3.05) is 13.2 Å². The highest BCUT2D eigenvalue weighted by molar-refractivity contribution is 7.10. The number of hydrogen-bond donors (Lipinski definition) is 1. The van der Waals surface area contributed by atoms with E-state index in [1.165, 1.54) is 4.88 Å². The van der Waals surface area contributed by atoms with Gasteiger partial charge in [-0.25, -0.2) is 4.79 Å². The van der Waals surface area contributed by atoms with E-state index < -0.39 is 0 Å². The van der Waals surface area contributed by atoms with Gasteiger partial charge in [-0.05, 0) is 18.4 Å². The topological polar surface area (TPSA) is 38.3 Å². The molecule has 84 valence electrons. The maximum atomic E-state index is 11.1. The van der Waals surface area contributed by atoms with Crippen LogP contribution >= 0.6 is 11.3 Å². The summed E-state index contributed by atoms with van der Waals surface area (Å²) >= 11 is 1.70. The molecule has 1 heterocycles. The molecule has 0 fully saturated rings. The van der Waals surface area contributed by atoms with Crippen molar-refractivity contribution in [3.63, 3.8) is 0 Å². The van der Waals surface area contributed by atoms with Gasteiger partial charge in [-0.15, -0.1) is 11.3 Å². The standard InChI is InChI=1S/C11H17NO2S/c1-4-14-10(13)12-8-11(2,3)9-6-5-7-15-9/h5-7H,4,8H2,1-3H3,(H,12,13). The van der Waals surface area contributed by atoms with Crippen LogP contribution in [0.3, 0.4) is 0 Å². The van der Waals surface area contributed by atoms with Crippen molar-refractivity contribution < 1.29 is 9.53 Å². The van der Waals surface area contributed by atoms with E-state index in [1.54, 1.807) is 18.3 Å². The zero-order valence-corrected chi connectivity index (χ0v) is 10.2. The van der Waals surface area contributed by atoms with E-state index in [9.17, 15) is 4.79 Å². The van der Waals surface area contributed by atoms with E-state index >= 15 is 0 Å². The first-order valence-corrected chi connectivity index (χ1v) is 5.89. The molecule has 1 aromatic heterocycles. The first-order chi connectivity index (χ1) is 7.06. The Morgan fingerprint density at radius 2 is 2.33 bits per heavy atom. The van der Waals surface area contributed by atoms with E-state index in [4.69, 9.17) is 4.74 Å². The molecular weight excluding hydrogens is 210 g/mol. The molecule has 0 aliphatic carbocycles. The SMILES string of the molecule is CCOC(=O)NCC(C)(C)c1cccs1. The Hall–Kier alpha value is -1.03. The predicted molar refractivity (Wildman–Crippen MR) is 62.4 cm³/mol. The largest absolute Gasteiger partial charge is 0.450 e. The molecule has 1 amide bonds. The molecule has 0 atom stereocenters. The van der Waals surface area contributed by atoms with Crippen molar-refractivity contribution in [1.82, 2.24) is 5.32 Å². The summed E-state index contributed by atoms with van der Waals surface area (Å²) < 4.78 is 4.81. The molecule has 1 aromatic rings. The second kappa shape index (κ2) is 5.16. The summed E-state index contributed by atoms with van der Waals surface area (Å²) in [7, 11) is 0. The van der Waals surface area contributed by atoms with E-state index in [0.29, 0.717) is 13.2 Å². The van der Waals surface area contributed by atoms with Crippen molar-refractivity contribution in [2.45, 2.75) is 26.2 Å². The van der Waals surface area contributed by atoms with Crippen molar-refractivity contribution in [3.05, 3.63) is 22.4 Å². The molecule has 0 unspecified atom stereocenters. The lowest BCUT2D eigenvalue weighted by Gasteiger charge is -2.23. The number of amides is 1. The summed E-state index contributed by atoms with van der Waals surface area (Å²) in [6.07, 6.45) is -0.345. The summed E-state index contributed by atoms with van der Waals surface area (Å²) in [6.45, 7) is 7.00. The van der Waals surface area contributed by atoms with Gasteiger partial charge in [0.25, 0.3) is 0 Å². The summed E-state index contributed by atoms with van der Waals surface area (Å²) in [6, 6.07) is 4.10. The number of carbonyl (C=O) groups excluding carboxylic acids is 1. The van der Waals surface area contributed by atoms with Gasteiger partial charge in [0.2, 0.25) is 0 Å². The molecule has 4 heteroatoms. The quantitative estimate of drug-likeness (QED) is 0.859. The van der Waals surface area contributed by atoms with Gasteiger partial charge in [-0.3, -0.25) is 0 Å². The molecule has 0 spiro atoms. The van der Waals surface area contributed by atoms with Crippen LogP contribution < -0.4 is 5.32 Å². The zero-order valence-electron chi connectivity index (χ0n) is 9.37. The highest BCUT2D eigenvalue weighted by Crippen LogP contribution is 2.26. The van der Waals surface area contributed by atoms with Crippen LogP contribution in [0, 0.1) is 0 Å². The number of thiophene rings is 1. The van der Waals surface area contributed by atoms with Crippen LogP contribution in [-0.4, -0.2) is 19.2 Å². The van der Waals surface area contributed by atoms with Crippen molar-refractivity contribution in [1.29, 1.82) is 0 Å². The zero-order chi connectivity index (χ0) is 11.3. The number of carbonyl (C=O) groups is 1. The van der Waals surface area contributed by atoms with Crippen molar-refractivity contribution in [2.24, 2.45) is 0 Å². The van der Waals surface area contributed by atoms with Crippen LogP contribution in [0.15, 0.2) is 17.5 Å². The Balaban J connectivity index is 2.47. The third-order valence-corrected chi connectivity index (χ3v) is 3.37. The molecule has 1 N–H and O–H groups in total. The first kappa shape index (κ1) is 12.0. The highest BCUT2D eigenvalue weighted by Gasteiger charge is 2.22. The molecule has 3 nitrogen and oxygen atoms in total. The Morgan fingerprint density at radius 1 is 1.60 bits per heavy atom. The predicted octanol–water partition coefficient (Wildman–Crippen LogP) is 2.77. The lowest BCUT2D eigenvalue weighted by Crippen LogP contribution is -2.36. The number of rotatable bonds is 4. The highest BCUT2D eigenvalue weighted by atomic mass is 32.1. The lowest BCUT2D eigenvalue weighted by atomic mass is 9.91. The Morgan fingerprint density at radius 3 is 2.87 bits per heavy atom. The molecule has 0 saturated carbocycles. The third-order valence-electron chi connectivity index (χ3n) is 2.14. The van der Waals surface area contributed by atoms with E-state index in [-0.39, 0.29) is 11.5 Å². The summed E-state index contributed by atoms with van der Waals surface area (Å²) in [4.78, 5) is 12.4. The van der Waals surface area contributed by atoms with E-state index in [2.05, 4.69) is 25.2 Å². The Bertz CT molecular complexity index is 306. The summed E-state index contributed by atoms with van der Waals surface area (Å²) in [5.41, 5.74) is -0.0407. The average Bonchev–Trinajstić information content (AvgIpc) is 2.69. The molecule has 0 aliphatic heterocycles. The fourth-order valence-corrected chi connectivity index (χ4v) is 2.08. The van der Waals surface area contributed by atoms with E-state index in [1.807, 2.05) is 11.4 Å². The number of ether oxygens (including phenoxy) is 1. The minimum Gasteiger partial charge on any atom is -0.450 e. The average molecular weight is 227 g/mol. The van der Waals surface area contributed by atoms with Gasteiger partial charge in [-0.1, -0.05) is 19.9 Å². The van der Waals surface area contributed by atoms with Gasteiger partial charge >= 0.3 is 6.09 Å². The molecule has 15 heavy (non-hydrogen) atoms. The Labute approximate surface area is 94.5 Å². The van der Waals surface area contributed by atoms with Gasteiger partial charge < -0.3 is 10.1 Å². The normalized spacial score (nSPS) is 11.1. The number of hydrogen-bond acceptors (Lipinski definition) is 3. The van der Waals surface area contributed by atoms with Gasteiger partial charge in [-0.2, -0.15) is 0 Å². The molecule has 0 radical (unpaired) electrons. The lowest BCUT2D eigenvalue weighted by molar-refractivity contribution is 0.150. The van der Waals surface area contributed by atoms with Crippen LogP contribution in [0.1, 0.15) is 25.6 Å². The molecule has 0 aromatic carbocycles. The number of alkyl carbamates (subject to hydrolysis) is 1. The summed E-state index contributed by atoms with van der Waals surface area (Å²) in [5.74, 6) is 0. The van der Waals surface area contributed by atoms with Gasteiger partial charge in [0.05, 0.1) is 6.61 Å². The fourth-order valence-electron chi connectivity index (χ4n) is 1.23. The molecule has 0 saturated heterocycles. The van der Waals surface area contributed by atoms with E-state index in [0.717, 1.165) is 0 Å². The first-order valence-electron chi connectivity index (χ1n) is 5.01. The summed E-state index contributed by atoms with van der Waals surface area (Å²) in [5, 5.41) is 4.80. The van der Waals surface area contributed by atoms with Gasteiger partial charge in [0.15, 0.2) is 0 Å². The molecule has 1 rings (SSSR count). The smallest absolute Gasteiger partial charge is 0.407 e. The van der Waals surface area contributed by atoms with Crippen LogP contribution in [0.5, 0.6) is 0 Å². The van der Waals surface area contributed by atoms with Gasteiger partial charge in [0, 0.05) is 16.8 Å². The maximum Gasteiger partial charge on any atom is 0.407 e. The maximum absolute atomic E-state index is 11.1. The minimum atomic E-state index is -0.345. The second-order valence-electron chi connectivity index (χ2n) is 3.94. The monoisotopic (exact) mass is 227 g/mol. The number of nitrogens with one attached hydrogen (secondary N) is 1. The Kier molecular flexibility index (Phi) is 4.15. The van der Waals surface area contributed by atoms with Crippen LogP contribution in [0.25, 0.3) is 0 Å². The van der Waals surface area contributed by atoms with Gasteiger partial charge in [0.1, 0.15) is 0 Å². The van der Waals surface area contributed by atoms with Crippen LogP contribution in [0.4, 0.5) is 4.79 Å². The van der Waals surface area contributed by atoms with Crippen LogP contribution in [-0.2, 0) is 10.2 Å². The molecule has 0 bridgehead atoms. The van der Waals surface area contributed by atoms with Crippen LogP contribution in [0.2, 0.25) is 0 Å². The second-order valence-corrected chi connectivity index (χ2v) is 4.88. The molecular formula is C11H17NO2S. The van der Waals surface area contributed by atoms with Crippen molar-refractivity contribution >= 4 is 17.4 Å². The van der Waals surface area contributed by atoms with Crippen molar-refractivity contribution in [3.8, 4) is 0 Å². The minimum absolute atomic E-state index is 0.0407. The molecule has 0 aliphatic rings.